The summed E-state index contributed by atoms with van der Waals surface area (Å²) in [6.07, 6.45) is 3.96. The van der Waals surface area contributed by atoms with Crippen molar-refractivity contribution in [3.05, 3.63) is 23.9 Å². The highest BCUT2D eigenvalue weighted by Crippen LogP contribution is 2.31. The van der Waals surface area contributed by atoms with Crippen LogP contribution in [0.4, 0.5) is 0 Å². The quantitative estimate of drug-likeness (QED) is 0.175. The second kappa shape index (κ2) is 14.0. The first-order valence-electron chi connectivity index (χ1n) is 10.4. The number of amides is 1. The lowest BCUT2D eigenvalue weighted by atomic mass is 10.2. The first kappa shape index (κ1) is 26.9. The third-order valence-corrected chi connectivity index (χ3v) is 4.79. The molecule has 0 aliphatic heterocycles. The average Bonchev–Trinajstić information content (AvgIpc) is 3.16. The number of benzene rings is 1. The van der Waals surface area contributed by atoms with Crippen LogP contribution in [0.1, 0.15) is 31.9 Å². The number of nitrogens with one attached hydrogen (secondary N) is 3. The van der Waals surface area contributed by atoms with E-state index < -0.39 is 0 Å². The Kier molecular flexibility index (Phi) is 12.1. The zero-order chi connectivity index (χ0) is 21.9. The van der Waals surface area contributed by atoms with E-state index in [9.17, 15) is 4.79 Å². The van der Waals surface area contributed by atoms with Crippen LogP contribution in [0.5, 0.6) is 11.5 Å². The number of fused-ring (bicyclic) bond motifs is 1. The smallest absolute Gasteiger partial charge is 0.243 e. The van der Waals surface area contributed by atoms with E-state index in [0.29, 0.717) is 5.96 Å². The SMILES string of the molecule is CCCCNC(=NCC(=O)N(C)C)NCCCc1cc2c(OC)cc(OC)cc2[nH]1.I. The number of aliphatic imine (C=N–C) groups is 1. The summed E-state index contributed by atoms with van der Waals surface area (Å²) < 4.78 is 10.8. The van der Waals surface area contributed by atoms with E-state index in [-0.39, 0.29) is 36.4 Å². The number of halogens is 1. The van der Waals surface area contributed by atoms with Crippen molar-refractivity contribution in [3.8, 4) is 11.5 Å². The number of guanidine groups is 1. The number of likely N-dealkylation sites (N-methyl/N-ethyl adjacent to an activating group) is 1. The van der Waals surface area contributed by atoms with E-state index in [1.54, 1.807) is 33.2 Å². The molecule has 9 heteroatoms. The summed E-state index contributed by atoms with van der Waals surface area (Å²) >= 11 is 0. The molecule has 31 heavy (non-hydrogen) atoms. The number of methoxy groups -OCH3 is 2. The van der Waals surface area contributed by atoms with Crippen LogP contribution in [0.15, 0.2) is 23.2 Å². The van der Waals surface area contributed by atoms with Gasteiger partial charge in [-0.05, 0) is 25.3 Å². The summed E-state index contributed by atoms with van der Waals surface area (Å²) in [7, 11) is 6.79. The third-order valence-electron chi connectivity index (χ3n) is 4.79. The second-order valence-electron chi connectivity index (χ2n) is 7.35. The minimum Gasteiger partial charge on any atom is -0.497 e. The van der Waals surface area contributed by atoms with Gasteiger partial charge in [0.15, 0.2) is 5.96 Å². The predicted octanol–water partition coefficient (Wildman–Crippen LogP) is 3.16. The Balaban J connectivity index is 0.00000480. The van der Waals surface area contributed by atoms with Crippen LogP contribution in [-0.4, -0.2) is 69.7 Å². The molecule has 2 rings (SSSR count). The standard InChI is InChI=1S/C22H35N5O3.HI/c1-6-7-10-23-22(25-15-21(28)27(2)3)24-11-8-9-16-12-18-19(26-16)13-17(29-4)14-20(18)30-5;/h12-14,26H,6-11,15H2,1-5H3,(H2,23,24,25);1H. The van der Waals surface area contributed by atoms with Gasteiger partial charge in [-0.15, -0.1) is 24.0 Å². The molecule has 1 aromatic carbocycles. The Morgan fingerprint density at radius 1 is 1.10 bits per heavy atom. The van der Waals surface area contributed by atoms with Gasteiger partial charge in [0.05, 0.1) is 19.7 Å². The van der Waals surface area contributed by atoms with E-state index in [0.717, 1.165) is 66.9 Å². The number of carbonyl (C=O) groups is 1. The minimum atomic E-state index is -0.0194. The summed E-state index contributed by atoms with van der Waals surface area (Å²) in [5, 5.41) is 7.67. The molecular weight excluding hydrogens is 509 g/mol. The van der Waals surface area contributed by atoms with E-state index >= 15 is 0 Å². The summed E-state index contributed by atoms with van der Waals surface area (Å²) in [4.78, 5) is 21.2. The third kappa shape index (κ3) is 8.47. The van der Waals surface area contributed by atoms with Gasteiger partial charge in [-0.3, -0.25) is 4.79 Å². The van der Waals surface area contributed by atoms with Crippen molar-refractivity contribution in [2.75, 3.05) is 47.9 Å². The Bertz CT molecular complexity index is 851. The Morgan fingerprint density at radius 3 is 2.42 bits per heavy atom. The summed E-state index contributed by atoms with van der Waals surface area (Å²) in [5.74, 6) is 2.22. The fraction of sp³-hybridized carbons (Fsp3) is 0.545. The van der Waals surface area contributed by atoms with E-state index in [2.05, 4.69) is 33.6 Å². The van der Waals surface area contributed by atoms with Gasteiger partial charge < -0.3 is 30.0 Å². The van der Waals surface area contributed by atoms with E-state index in [1.165, 1.54) is 0 Å². The lowest BCUT2D eigenvalue weighted by Gasteiger charge is -2.13. The molecule has 0 aliphatic carbocycles. The summed E-state index contributed by atoms with van der Waals surface area (Å²) in [5.41, 5.74) is 2.14. The van der Waals surface area contributed by atoms with Crippen molar-refractivity contribution < 1.29 is 14.3 Å². The van der Waals surface area contributed by atoms with Crippen LogP contribution >= 0.6 is 24.0 Å². The summed E-state index contributed by atoms with van der Waals surface area (Å²) in [6.45, 7) is 3.87. The fourth-order valence-electron chi connectivity index (χ4n) is 2.99. The van der Waals surface area contributed by atoms with Crippen molar-refractivity contribution in [2.24, 2.45) is 4.99 Å². The molecule has 0 unspecified atom stereocenters. The number of hydrogen-bond donors (Lipinski definition) is 3. The molecule has 0 saturated carbocycles. The molecule has 3 N–H and O–H groups in total. The number of aryl methyl sites for hydroxylation is 1. The van der Waals surface area contributed by atoms with Crippen LogP contribution in [-0.2, 0) is 11.2 Å². The van der Waals surface area contributed by atoms with Crippen LogP contribution in [0.25, 0.3) is 10.9 Å². The molecule has 1 amide bonds. The molecule has 0 bridgehead atoms. The molecule has 8 nitrogen and oxygen atoms in total. The molecule has 0 fully saturated rings. The summed E-state index contributed by atoms with van der Waals surface area (Å²) in [6, 6.07) is 5.99. The van der Waals surface area contributed by atoms with E-state index in [4.69, 9.17) is 9.47 Å². The van der Waals surface area contributed by atoms with Gasteiger partial charge >= 0.3 is 0 Å². The average molecular weight is 545 g/mol. The zero-order valence-electron chi connectivity index (χ0n) is 19.2. The van der Waals surface area contributed by atoms with Crippen molar-refractivity contribution >= 4 is 46.7 Å². The van der Waals surface area contributed by atoms with Gasteiger partial charge in [0.2, 0.25) is 5.91 Å². The molecule has 0 aliphatic rings. The number of H-pyrrole nitrogens is 1. The number of aromatic nitrogens is 1. The zero-order valence-corrected chi connectivity index (χ0v) is 21.5. The molecule has 174 valence electrons. The van der Waals surface area contributed by atoms with Gasteiger partial charge in [0, 0.05) is 50.4 Å². The van der Waals surface area contributed by atoms with Crippen molar-refractivity contribution in [1.29, 1.82) is 0 Å². The minimum absolute atomic E-state index is 0. The highest BCUT2D eigenvalue weighted by atomic mass is 127. The van der Waals surface area contributed by atoms with Gasteiger partial charge in [-0.1, -0.05) is 13.3 Å². The maximum Gasteiger partial charge on any atom is 0.243 e. The molecular formula is C22H36IN5O3. The Labute approximate surface area is 202 Å². The normalized spacial score (nSPS) is 11.1. The lowest BCUT2D eigenvalue weighted by molar-refractivity contribution is -0.127. The maximum atomic E-state index is 11.8. The maximum absolute atomic E-state index is 11.8. The number of aromatic amines is 1. The number of rotatable bonds is 11. The molecule has 2 aromatic rings. The molecule has 0 radical (unpaired) electrons. The monoisotopic (exact) mass is 545 g/mol. The molecule has 1 aromatic heterocycles. The number of carbonyl (C=O) groups excluding carboxylic acids is 1. The van der Waals surface area contributed by atoms with Crippen molar-refractivity contribution in [3.63, 3.8) is 0 Å². The predicted molar refractivity (Wildman–Crippen MR) is 137 cm³/mol. The highest BCUT2D eigenvalue weighted by molar-refractivity contribution is 14.0. The van der Waals surface area contributed by atoms with Crippen LogP contribution in [0, 0.1) is 0 Å². The van der Waals surface area contributed by atoms with Gasteiger partial charge in [0.25, 0.3) is 0 Å². The first-order valence-corrected chi connectivity index (χ1v) is 10.4. The molecule has 0 saturated heterocycles. The van der Waals surface area contributed by atoms with Gasteiger partial charge in [0.1, 0.15) is 18.0 Å². The molecule has 0 spiro atoms. The van der Waals surface area contributed by atoms with Gasteiger partial charge in [-0.25, -0.2) is 4.99 Å². The van der Waals surface area contributed by atoms with Crippen LogP contribution in [0.2, 0.25) is 0 Å². The number of hydrogen-bond acceptors (Lipinski definition) is 4. The Hall–Kier alpha value is -2.17. The van der Waals surface area contributed by atoms with Crippen LogP contribution in [0.3, 0.4) is 0 Å². The van der Waals surface area contributed by atoms with Crippen molar-refractivity contribution in [2.45, 2.75) is 32.6 Å². The highest BCUT2D eigenvalue weighted by Gasteiger charge is 2.09. The topological polar surface area (TPSA) is 91.0 Å². The van der Waals surface area contributed by atoms with E-state index in [1.807, 2.05) is 12.1 Å². The lowest BCUT2D eigenvalue weighted by Crippen LogP contribution is -2.39. The Morgan fingerprint density at radius 2 is 1.81 bits per heavy atom. The van der Waals surface area contributed by atoms with Crippen LogP contribution < -0.4 is 20.1 Å². The number of unbranched alkanes of at least 4 members (excludes halogenated alkanes) is 1. The second-order valence-corrected chi connectivity index (χ2v) is 7.35. The molecule has 0 atom stereocenters. The molecule has 1 heterocycles. The first-order chi connectivity index (χ1) is 14.5. The number of ether oxygens (including phenoxy) is 2. The number of nitrogens with zero attached hydrogens (tertiary/aromatic N) is 2. The fourth-order valence-corrected chi connectivity index (χ4v) is 2.99. The van der Waals surface area contributed by atoms with Gasteiger partial charge in [-0.2, -0.15) is 0 Å². The van der Waals surface area contributed by atoms with Crippen molar-refractivity contribution in [1.82, 2.24) is 20.5 Å². The largest absolute Gasteiger partial charge is 0.497 e.